The number of halogens is 2. The molecule has 4 aromatic rings. The molecule has 1 aliphatic carbocycles. The fraction of sp³-hybridized carbons (Fsp3) is 0.585. The molecule has 0 radical (unpaired) electrons. The highest BCUT2D eigenvalue weighted by atomic mass is 28.3. The van der Waals surface area contributed by atoms with Crippen LogP contribution in [0.4, 0.5) is 8.78 Å². The van der Waals surface area contributed by atoms with Crippen LogP contribution in [0.2, 0.25) is 16.6 Å². The van der Waals surface area contributed by atoms with Crippen LogP contribution in [0.1, 0.15) is 91.7 Å². The van der Waals surface area contributed by atoms with Gasteiger partial charge in [-0.05, 0) is 72.8 Å². The summed E-state index contributed by atoms with van der Waals surface area (Å²) in [6.45, 7) is 15.0. The van der Waals surface area contributed by atoms with Crippen molar-refractivity contribution in [2.45, 2.75) is 114 Å². The minimum atomic E-state index is -2.22. The Morgan fingerprint density at radius 1 is 0.981 bits per heavy atom. The number of rotatable bonds is 13. The summed E-state index contributed by atoms with van der Waals surface area (Å²) in [5, 5.41) is 1.24. The summed E-state index contributed by atoms with van der Waals surface area (Å²) in [6.07, 6.45) is 4.29. The van der Waals surface area contributed by atoms with Crippen LogP contribution in [-0.4, -0.2) is 84.9 Å². The third kappa shape index (κ3) is 6.79. The zero-order chi connectivity index (χ0) is 38.4. The zero-order valence-corrected chi connectivity index (χ0v) is 33.8. The van der Waals surface area contributed by atoms with E-state index in [-0.39, 0.29) is 42.6 Å². The maximum absolute atomic E-state index is 16.1. The monoisotopic (exact) mass is 761 g/mol. The average Bonchev–Trinajstić information content (AvgIpc) is 3.75. The van der Waals surface area contributed by atoms with Crippen LogP contribution < -0.4 is 18.9 Å². The number of hydrogen-bond acceptors (Lipinski definition) is 9. The molecular formula is C41H53F2N5O5Si. The van der Waals surface area contributed by atoms with Gasteiger partial charge in [-0.25, -0.2) is 8.78 Å². The predicted octanol–water partition coefficient (Wildman–Crippen LogP) is 9.15. The molecule has 4 heterocycles. The number of fused-ring (bicyclic) bond motifs is 3. The highest BCUT2D eigenvalue weighted by Crippen LogP contribution is 2.45. The number of benzene rings is 2. The molecule has 0 amide bonds. The highest BCUT2D eigenvalue weighted by Gasteiger charge is 2.49. The Morgan fingerprint density at radius 3 is 2.41 bits per heavy atom. The van der Waals surface area contributed by atoms with Gasteiger partial charge in [0.25, 0.3) is 0 Å². The van der Waals surface area contributed by atoms with Gasteiger partial charge in [-0.2, -0.15) is 15.0 Å². The van der Waals surface area contributed by atoms with Crippen LogP contribution in [0.3, 0.4) is 0 Å². The minimum absolute atomic E-state index is 0.0191. The Kier molecular flexibility index (Phi) is 10.8. The maximum atomic E-state index is 16.1. The van der Waals surface area contributed by atoms with Gasteiger partial charge in [0, 0.05) is 37.6 Å². The first kappa shape index (κ1) is 38.3. The molecule has 7 rings (SSSR count). The second-order valence-electron chi connectivity index (χ2n) is 16.1. The molecule has 3 aliphatic rings. The van der Waals surface area contributed by atoms with Crippen LogP contribution in [0.5, 0.6) is 29.4 Å². The van der Waals surface area contributed by atoms with E-state index in [2.05, 4.69) is 62.9 Å². The Hall–Kier alpha value is -3.99. The van der Waals surface area contributed by atoms with Crippen molar-refractivity contribution in [1.29, 1.82) is 0 Å². The van der Waals surface area contributed by atoms with Crippen molar-refractivity contribution in [3.05, 3.63) is 35.6 Å². The number of ether oxygens (including phenoxy) is 5. The Labute approximate surface area is 317 Å². The van der Waals surface area contributed by atoms with Gasteiger partial charge in [0.05, 0.1) is 18.2 Å². The van der Waals surface area contributed by atoms with Crippen molar-refractivity contribution in [1.82, 2.24) is 24.4 Å². The Balaban J connectivity index is 1.35. The molecule has 290 valence electrons. The lowest BCUT2D eigenvalue weighted by Crippen LogP contribution is -2.43. The SMILES string of the molecule is COCOc1cc(Oc2nc3nc(OC[C@@]45CCCN4C[C@H](F)C5)nc(OC)c3n2C2CCC2)c2c(C#C[Si](C(C)C)(C(C)C)C(C)C)c(F)ccc2c1. The molecule has 2 aromatic carbocycles. The number of imidazole rings is 1. The summed E-state index contributed by atoms with van der Waals surface area (Å²) < 4.78 is 62.6. The maximum Gasteiger partial charge on any atom is 0.321 e. The van der Waals surface area contributed by atoms with Gasteiger partial charge in [0.1, 0.15) is 38.2 Å². The molecule has 10 nitrogen and oxygen atoms in total. The van der Waals surface area contributed by atoms with Crippen LogP contribution in [0.25, 0.3) is 21.9 Å². The summed E-state index contributed by atoms with van der Waals surface area (Å²) >= 11 is 0. The fourth-order valence-electron chi connectivity index (χ4n) is 9.33. The highest BCUT2D eigenvalue weighted by molar-refractivity contribution is 6.90. The number of hydrogen-bond donors (Lipinski definition) is 0. The normalized spacial score (nSPS) is 20.5. The van der Waals surface area contributed by atoms with Crippen molar-refractivity contribution in [2.75, 3.05) is 40.7 Å². The van der Waals surface area contributed by atoms with E-state index in [0.29, 0.717) is 68.9 Å². The summed E-state index contributed by atoms with van der Waals surface area (Å²) in [7, 11) is 0.893. The van der Waals surface area contributed by atoms with Gasteiger partial charge < -0.3 is 23.7 Å². The molecule has 13 heteroatoms. The second kappa shape index (κ2) is 15.3. The first-order valence-electron chi connectivity index (χ1n) is 19.4. The molecule has 54 heavy (non-hydrogen) atoms. The van der Waals surface area contributed by atoms with Gasteiger partial charge in [0.15, 0.2) is 18.0 Å². The number of nitrogens with zero attached hydrogens (tertiary/aromatic N) is 5. The van der Waals surface area contributed by atoms with Gasteiger partial charge in [-0.1, -0.05) is 53.5 Å². The van der Waals surface area contributed by atoms with Crippen LogP contribution >= 0.6 is 0 Å². The molecule has 2 atom stereocenters. The number of methoxy groups -OCH3 is 2. The molecule has 3 fully saturated rings. The second-order valence-corrected chi connectivity index (χ2v) is 21.7. The van der Waals surface area contributed by atoms with Crippen LogP contribution in [0.15, 0.2) is 24.3 Å². The van der Waals surface area contributed by atoms with Crippen molar-refractivity contribution in [2.24, 2.45) is 0 Å². The molecule has 0 bridgehead atoms. The molecule has 2 aliphatic heterocycles. The minimum Gasteiger partial charge on any atom is -0.479 e. The first-order valence-corrected chi connectivity index (χ1v) is 21.6. The summed E-state index contributed by atoms with van der Waals surface area (Å²) in [5.74, 6) is 4.09. The summed E-state index contributed by atoms with van der Waals surface area (Å²) in [6, 6.07) is 7.18. The van der Waals surface area contributed by atoms with E-state index in [1.54, 1.807) is 26.4 Å². The van der Waals surface area contributed by atoms with Crippen molar-refractivity contribution >= 4 is 30.0 Å². The lowest BCUT2D eigenvalue weighted by molar-refractivity contribution is 0.0511. The third-order valence-corrected chi connectivity index (χ3v) is 18.4. The molecule has 1 saturated carbocycles. The topological polar surface area (TPSA) is 93.0 Å². The largest absolute Gasteiger partial charge is 0.479 e. The van der Waals surface area contributed by atoms with Crippen molar-refractivity contribution in [3.63, 3.8) is 0 Å². The quantitative estimate of drug-likeness (QED) is 0.0752. The van der Waals surface area contributed by atoms with Crippen molar-refractivity contribution in [3.8, 4) is 40.9 Å². The van der Waals surface area contributed by atoms with E-state index < -0.39 is 20.1 Å². The van der Waals surface area contributed by atoms with Crippen molar-refractivity contribution < 1.29 is 32.5 Å². The Bertz CT molecular complexity index is 2050. The smallest absolute Gasteiger partial charge is 0.321 e. The standard InChI is InChI=1S/C41H53F2N5O5Si/c1-25(2)54(26(3)4,27(5)6)18-15-32-33(43)14-13-28-19-31(52-24-49-7)20-34(35(28)32)53-40-45-37-36(48(40)30-11-9-12-30)38(50-8)46-39(44-37)51-23-41-16-10-17-47(41)22-29(42)21-41/h13-14,19-20,25-27,29-30H,9-12,16-17,21-24H2,1-8H3/t29-,41+/m1/s1. The van der Waals surface area contributed by atoms with E-state index in [1.807, 2.05) is 10.6 Å². The van der Waals surface area contributed by atoms with E-state index in [1.165, 1.54) is 6.07 Å². The van der Waals surface area contributed by atoms with Gasteiger partial charge >= 0.3 is 12.0 Å². The van der Waals surface area contributed by atoms with E-state index >= 15 is 4.39 Å². The lowest BCUT2D eigenvalue weighted by atomic mass is 9.93. The predicted molar refractivity (Wildman–Crippen MR) is 208 cm³/mol. The van der Waals surface area contributed by atoms with E-state index in [9.17, 15) is 4.39 Å². The number of alkyl halides is 1. The summed E-state index contributed by atoms with van der Waals surface area (Å²) in [4.78, 5) is 16.5. The van der Waals surface area contributed by atoms with Gasteiger partial charge in [0.2, 0.25) is 5.88 Å². The molecule has 0 unspecified atom stereocenters. The van der Waals surface area contributed by atoms with Gasteiger partial charge in [-0.3, -0.25) is 9.47 Å². The first-order chi connectivity index (χ1) is 25.9. The van der Waals surface area contributed by atoms with E-state index in [0.717, 1.165) is 38.6 Å². The molecule has 2 saturated heterocycles. The van der Waals surface area contributed by atoms with Crippen LogP contribution in [0, 0.1) is 17.3 Å². The third-order valence-electron chi connectivity index (χ3n) is 12.1. The molecule has 0 spiro atoms. The Morgan fingerprint density at radius 2 is 1.74 bits per heavy atom. The van der Waals surface area contributed by atoms with E-state index in [4.69, 9.17) is 33.7 Å². The van der Waals surface area contributed by atoms with Gasteiger partial charge in [-0.15, -0.1) is 5.54 Å². The average molecular weight is 762 g/mol. The fourth-order valence-corrected chi connectivity index (χ4v) is 14.5. The summed E-state index contributed by atoms with van der Waals surface area (Å²) in [5.41, 5.74) is 5.67. The molecular weight excluding hydrogens is 709 g/mol. The molecule has 2 aromatic heterocycles. The lowest BCUT2D eigenvalue weighted by Gasteiger charge is -2.38. The van der Waals surface area contributed by atoms with Crippen LogP contribution in [-0.2, 0) is 4.74 Å². The number of aromatic nitrogens is 4. The zero-order valence-electron chi connectivity index (χ0n) is 32.8. The molecule has 0 N–H and O–H groups in total.